The maximum Gasteiger partial charge on any atom is 0.253 e. The normalized spacial score (nSPS) is 15.6. The van der Waals surface area contributed by atoms with Crippen molar-refractivity contribution in [3.63, 3.8) is 0 Å². The van der Waals surface area contributed by atoms with Crippen molar-refractivity contribution in [1.82, 2.24) is 19.9 Å². The Labute approximate surface area is 207 Å². The molecule has 1 saturated heterocycles. The smallest absolute Gasteiger partial charge is 0.253 e. The highest BCUT2D eigenvalue weighted by atomic mass is 35.5. The summed E-state index contributed by atoms with van der Waals surface area (Å²) in [7, 11) is 0. The van der Waals surface area contributed by atoms with Crippen LogP contribution >= 0.6 is 11.6 Å². The van der Waals surface area contributed by atoms with Crippen LogP contribution in [0.5, 0.6) is 11.5 Å². The molecule has 1 fully saturated rings. The zero-order valence-corrected chi connectivity index (χ0v) is 19.9. The number of benzene rings is 2. The van der Waals surface area contributed by atoms with E-state index in [-0.39, 0.29) is 18.4 Å². The van der Waals surface area contributed by atoms with Gasteiger partial charge < -0.3 is 29.2 Å². The molecule has 2 N–H and O–H groups in total. The lowest BCUT2D eigenvalue weighted by molar-refractivity contribution is 0.174. The molecule has 0 amide bonds. The highest BCUT2D eigenvalue weighted by Crippen LogP contribution is 2.36. The molecule has 0 atom stereocenters. The largest absolute Gasteiger partial charge is 0.454 e. The molecule has 2 aromatic heterocycles. The molecule has 0 spiro atoms. The van der Waals surface area contributed by atoms with Crippen molar-refractivity contribution < 1.29 is 9.47 Å². The van der Waals surface area contributed by atoms with Gasteiger partial charge in [-0.3, -0.25) is 4.79 Å². The van der Waals surface area contributed by atoms with Crippen molar-refractivity contribution in [2.24, 2.45) is 0 Å². The van der Waals surface area contributed by atoms with Gasteiger partial charge in [0.05, 0.1) is 29.8 Å². The molecule has 4 aromatic rings. The van der Waals surface area contributed by atoms with Gasteiger partial charge in [-0.05, 0) is 61.8 Å². The number of halogens is 1. The molecular formula is C26H26ClN5O3. The van der Waals surface area contributed by atoms with Crippen LogP contribution in [-0.4, -0.2) is 40.5 Å². The molecular weight excluding hydrogens is 466 g/mol. The van der Waals surface area contributed by atoms with Crippen molar-refractivity contribution >= 4 is 28.2 Å². The Morgan fingerprint density at radius 1 is 1.09 bits per heavy atom. The number of fused-ring (bicyclic) bond motifs is 2. The number of piperidine rings is 1. The number of nitrogens with zero attached hydrogens (tertiary/aromatic N) is 3. The number of aromatic nitrogens is 3. The quantitative estimate of drug-likeness (QED) is 0.425. The van der Waals surface area contributed by atoms with Gasteiger partial charge in [0.2, 0.25) is 6.79 Å². The van der Waals surface area contributed by atoms with Crippen LogP contribution in [0.2, 0.25) is 5.02 Å². The number of nitrogens with one attached hydrogen (secondary N) is 2. The van der Waals surface area contributed by atoms with E-state index in [2.05, 4.69) is 26.3 Å². The van der Waals surface area contributed by atoms with Gasteiger partial charge in [0.15, 0.2) is 11.5 Å². The minimum Gasteiger partial charge on any atom is -0.454 e. The Morgan fingerprint density at radius 3 is 2.77 bits per heavy atom. The molecule has 2 aromatic carbocycles. The molecule has 0 bridgehead atoms. The van der Waals surface area contributed by atoms with E-state index in [0.29, 0.717) is 18.1 Å². The Morgan fingerprint density at radius 2 is 1.94 bits per heavy atom. The van der Waals surface area contributed by atoms with Gasteiger partial charge in [-0.1, -0.05) is 17.7 Å². The lowest BCUT2D eigenvalue weighted by Crippen LogP contribution is -2.43. The first-order valence-electron chi connectivity index (χ1n) is 11.8. The molecule has 35 heavy (non-hydrogen) atoms. The van der Waals surface area contributed by atoms with Gasteiger partial charge in [0, 0.05) is 35.3 Å². The average molecular weight is 492 g/mol. The van der Waals surface area contributed by atoms with Gasteiger partial charge >= 0.3 is 0 Å². The van der Waals surface area contributed by atoms with Crippen molar-refractivity contribution in [3.05, 3.63) is 81.6 Å². The predicted molar refractivity (Wildman–Crippen MR) is 136 cm³/mol. The van der Waals surface area contributed by atoms with E-state index in [1.54, 1.807) is 23.2 Å². The van der Waals surface area contributed by atoms with Crippen LogP contribution < -0.4 is 25.2 Å². The first kappa shape index (κ1) is 22.0. The van der Waals surface area contributed by atoms with Crippen LogP contribution in [0.3, 0.4) is 0 Å². The van der Waals surface area contributed by atoms with Crippen LogP contribution in [0.4, 0.5) is 5.69 Å². The summed E-state index contributed by atoms with van der Waals surface area (Å²) in [6.07, 6.45) is 5.34. The maximum absolute atomic E-state index is 13.5. The summed E-state index contributed by atoms with van der Waals surface area (Å²) < 4.78 is 12.9. The highest BCUT2D eigenvalue weighted by molar-refractivity contribution is 6.31. The summed E-state index contributed by atoms with van der Waals surface area (Å²) >= 11 is 6.48. The van der Waals surface area contributed by atoms with Gasteiger partial charge in [-0.2, -0.15) is 0 Å². The molecule has 2 aliphatic heterocycles. The molecule has 8 nitrogen and oxygen atoms in total. The summed E-state index contributed by atoms with van der Waals surface area (Å²) in [5.74, 6) is 1.52. The molecule has 0 unspecified atom stereocenters. The Hall–Kier alpha value is -3.49. The number of imidazole rings is 1. The van der Waals surface area contributed by atoms with Crippen LogP contribution in [0.15, 0.2) is 59.8 Å². The second kappa shape index (κ2) is 9.28. The fraction of sp³-hybridized carbons (Fsp3) is 0.308. The van der Waals surface area contributed by atoms with E-state index in [4.69, 9.17) is 21.1 Å². The number of ether oxygens (including phenoxy) is 2. The minimum atomic E-state index is -0.0611. The molecule has 2 aliphatic rings. The number of hydrogen-bond donors (Lipinski definition) is 2. The Balaban J connectivity index is 1.47. The third-order valence-corrected chi connectivity index (χ3v) is 7.02. The number of aromatic amines is 1. The zero-order valence-electron chi connectivity index (χ0n) is 19.2. The van der Waals surface area contributed by atoms with Crippen molar-refractivity contribution in [2.45, 2.75) is 32.0 Å². The monoisotopic (exact) mass is 491 g/mol. The van der Waals surface area contributed by atoms with E-state index in [0.717, 1.165) is 65.3 Å². The summed E-state index contributed by atoms with van der Waals surface area (Å²) in [4.78, 5) is 23.0. The maximum atomic E-state index is 13.5. The lowest BCUT2D eigenvalue weighted by Gasteiger charge is -2.37. The average Bonchev–Trinajstić information content (AvgIpc) is 3.56. The standard InChI is InChI=1S/C26H26ClN5O3/c27-18-2-3-22-21(10-18)23(11-26(33)32(22)14-19-12-29-15-30-19)31(20-5-7-28-8-6-20)13-17-1-4-24-25(9-17)35-16-34-24/h1-4,9-12,15,20,28H,5-8,13-14,16H2,(H,29,30). The van der Waals surface area contributed by atoms with Crippen LogP contribution in [0.25, 0.3) is 10.9 Å². The third-order valence-electron chi connectivity index (χ3n) is 6.78. The molecule has 0 aliphatic carbocycles. The second-order valence-electron chi connectivity index (χ2n) is 8.99. The molecule has 6 rings (SSSR count). The van der Waals surface area contributed by atoms with Gasteiger partial charge in [0.1, 0.15) is 0 Å². The summed E-state index contributed by atoms with van der Waals surface area (Å²) in [6, 6.07) is 13.8. The summed E-state index contributed by atoms with van der Waals surface area (Å²) in [5.41, 5.74) is 3.65. The molecule has 4 heterocycles. The van der Waals surface area contributed by atoms with Gasteiger partial charge in [0.25, 0.3) is 5.56 Å². The second-order valence-corrected chi connectivity index (χ2v) is 9.43. The molecule has 180 valence electrons. The number of pyridine rings is 1. The lowest BCUT2D eigenvalue weighted by atomic mass is 10.0. The topological polar surface area (TPSA) is 84.4 Å². The fourth-order valence-corrected chi connectivity index (χ4v) is 5.22. The minimum absolute atomic E-state index is 0.0611. The van der Waals surface area contributed by atoms with E-state index < -0.39 is 0 Å². The van der Waals surface area contributed by atoms with Crippen LogP contribution in [0.1, 0.15) is 24.1 Å². The molecule has 0 saturated carbocycles. The van der Waals surface area contributed by atoms with Gasteiger partial charge in [-0.25, -0.2) is 4.98 Å². The number of H-pyrrole nitrogens is 1. The van der Waals surface area contributed by atoms with Crippen molar-refractivity contribution in [2.75, 3.05) is 24.8 Å². The van der Waals surface area contributed by atoms with Crippen molar-refractivity contribution in [1.29, 1.82) is 0 Å². The SMILES string of the molecule is O=c1cc(N(Cc2ccc3c(c2)OCO3)C2CCNCC2)c2cc(Cl)ccc2n1Cc1cnc[nH]1. The van der Waals surface area contributed by atoms with E-state index in [9.17, 15) is 4.79 Å². The molecule has 0 radical (unpaired) electrons. The predicted octanol–water partition coefficient (Wildman–Crippen LogP) is 3.91. The zero-order chi connectivity index (χ0) is 23.8. The highest BCUT2D eigenvalue weighted by Gasteiger charge is 2.25. The Kier molecular flexibility index (Phi) is 5.83. The number of rotatable bonds is 6. The molecule has 9 heteroatoms. The van der Waals surface area contributed by atoms with Crippen LogP contribution in [-0.2, 0) is 13.1 Å². The summed E-state index contributed by atoms with van der Waals surface area (Å²) in [5, 5.41) is 5.04. The van der Waals surface area contributed by atoms with E-state index >= 15 is 0 Å². The van der Waals surface area contributed by atoms with Crippen molar-refractivity contribution in [3.8, 4) is 11.5 Å². The number of anilines is 1. The van der Waals surface area contributed by atoms with E-state index in [1.165, 1.54) is 0 Å². The summed E-state index contributed by atoms with van der Waals surface area (Å²) in [6.45, 7) is 3.18. The Bertz CT molecular complexity index is 1410. The van der Waals surface area contributed by atoms with E-state index in [1.807, 2.05) is 30.3 Å². The van der Waals surface area contributed by atoms with Crippen LogP contribution in [0, 0.1) is 0 Å². The fourth-order valence-electron chi connectivity index (χ4n) is 5.05. The third kappa shape index (κ3) is 4.35. The van der Waals surface area contributed by atoms with Gasteiger partial charge in [-0.15, -0.1) is 0 Å². The first-order chi connectivity index (χ1) is 17.2. The number of hydrogen-bond acceptors (Lipinski definition) is 6. The first-order valence-corrected chi connectivity index (χ1v) is 12.2.